The lowest BCUT2D eigenvalue weighted by Crippen LogP contribution is -2.35. The third kappa shape index (κ3) is 4.07. The Hall–Kier alpha value is -1.95. The summed E-state index contributed by atoms with van der Waals surface area (Å²) in [6, 6.07) is 6.36. The van der Waals surface area contributed by atoms with Crippen molar-refractivity contribution in [2.75, 3.05) is 32.9 Å². The van der Waals surface area contributed by atoms with Gasteiger partial charge in [0.15, 0.2) is 11.5 Å². The highest BCUT2D eigenvalue weighted by atomic mass is 16.6. The summed E-state index contributed by atoms with van der Waals surface area (Å²) in [6.45, 7) is 5.84. The lowest BCUT2D eigenvalue weighted by molar-refractivity contribution is 0.115. The molecule has 2 heterocycles. The van der Waals surface area contributed by atoms with Crippen LogP contribution in [0.15, 0.2) is 18.2 Å². The van der Waals surface area contributed by atoms with Crippen molar-refractivity contribution >= 4 is 6.09 Å². The van der Waals surface area contributed by atoms with Gasteiger partial charge in [-0.1, -0.05) is 6.07 Å². The maximum Gasteiger partial charge on any atom is 0.409 e. The highest BCUT2D eigenvalue weighted by Crippen LogP contribution is 2.30. The maximum atomic E-state index is 11.7. The number of likely N-dealkylation sites (tertiary alicyclic amines) is 1. The molecule has 2 aliphatic heterocycles. The molecule has 23 heavy (non-hydrogen) atoms. The minimum atomic E-state index is -0.215. The van der Waals surface area contributed by atoms with Gasteiger partial charge in [0.2, 0.25) is 0 Å². The Morgan fingerprint density at radius 1 is 1.35 bits per heavy atom. The zero-order chi connectivity index (χ0) is 16.1. The van der Waals surface area contributed by atoms with Crippen LogP contribution in [0.3, 0.4) is 0 Å². The number of nitrogens with one attached hydrogen (secondary N) is 1. The van der Waals surface area contributed by atoms with Gasteiger partial charge in [-0.2, -0.15) is 0 Å². The molecule has 1 aromatic carbocycles. The zero-order valence-electron chi connectivity index (χ0n) is 13.5. The number of ether oxygens (including phenoxy) is 3. The molecule has 6 nitrogen and oxygen atoms in total. The van der Waals surface area contributed by atoms with E-state index in [9.17, 15) is 4.79 Å². The van der Waals surface area contributed by atoms with Crippen LogP contribution < -0.4 is 14.8 Å². The van der Waals surface area contributed by atoms with E-state index in [-0.39, 0.29) is 6.09 Å². The van der Waals surface area contributed by atoms with Gasteiger partial charge in [-0.3, -0.25) is 0 Å². The van der Waals surface area contributed by atoms with Gasteiger partial charge in [-0.15, -0.1) is 0 Å². The van der Waals surface area contributed by atoms with Crippen molar-refractivity contribution in [3.05, 3.63) is 23.8 Å². The molecule has 2 aliphatic rings. The van der Waals surface area contributed by atoms with Gasteiger partial charge in [0, 0.05) is 32.1 Å². The summed E-state index contributed by atoms with van der Waals surface area (Å²) >= 11 is 0. The predicted molar refractivity (Wildman–Crippen MR) is 85.9 cm³/mol. The molecule has 0 spiro atoms. The van der Waals surface area contributed by atoms with E-state index in [2.05, 4.69) is 11.4 Å². The predicted octanol–water partition coefficient (Wildman–Crippen LogP) is 2.17. The standard InChI is InChI=1S/C17H24N2O4/c1-2-21-17(20)19-7-6-14(12-19)18-11-13-4-5-15-16(10-13)23-9-3-8-22-15/h4-5,10,14,18H,2-3,6-9,11-12H2,1H3. The fourth-order valence-corrected chi connectivity index (χ4v) is 2.89. The zero-order valence-corrected chi connectivity index (χ0v) is 13.5. The minimum absolute atomic E-state index is 0.215. The first-order chi connectivity index (χ1) is 11.3. The number of carbonyl (C=O) groups excluding carboxylic acids is 1. The number of rotatable bonds is 4. The number of carbonyl (C=O) groups is 1. The number of hydrogen-bond acceptors (Lipinski definition) is 5. The molecule has 126 valence electrons. The summed E-state index contributed by atoms with van der Waals surface area (Å²) in [5.74, 6) is 1.64. The number of amides is 1. The molecule has 1 N–H and O–H groups in total. The molecular formula is C17H24N2O4. The summed E-state index contributed by atoms with van der Waals surface area (Å²) in [4.78, 5) is 13.5. The van der Waals surface area contributed by atoms with Crippen molar-refractivity contribution in [2.24, 2.45) is 0 Å². The molecule has 1 amide bonds. The average Bonchev–Trinajstić information content (AvgIpc) is 2.91. The van der Waals surface area contributed by atoms with Gasteiger partial charge < -0.3 is 24.4 Å². The lowest BCUT2D eigenvalue weighted by atomic mass is 10.1. The molecule has 1 unspecified atom stereocenters. The Balaban J connectivity index is 1.51. The molecule has 6 heteroatoms. The van der Waals surface area contributed by atoms with Gasteiger partial charge >= 0.3 is 6.09 Å². The van der Waals surface area contributed by atoms with Crippen molar-refractivity contribution in [3.8, 4) is 11.5 Å². The summed E-state index contributed by atoms with van der Waals surface area (Å²) in [5, 5.41) is 3.50. The average molecular weight is 320 g/mol. The third-order valence-corrected chi connectivity index (χ3v) is 4.12. The van der Waals surface area contributed by atoms with Crippen LogP contribution >= 0.6 is 0 Å². The van der Waals surface area contributed by atoms with E-state index in [1.54, 1.807) is 4.90 Å². The molecule has 0 aromatic heterocycles. The van der Waals surface area contributed by atoms with Gasteiger partial charge in [-0.25, -0.2) is 4.79 Å². The molecule has 3 rings (SSSR count). The van der Waals surface area contributed by atoms with Gasteiger partial charge in [0.05, 0.1) is 19.8 Å². The molecular weight excluding hydrogens is 296 g/mol. The van der Waals surface area contributed by atoms with Crippen LogP contribution in [-0.2, 0) is 11.3 Å². The van der Waals surface area contributed by atoms with E-state index in [0.29, 0.717) is 32.4 Å². The van der Waals surface area contributed by atoms with Crippen LogP contribution in [-0.4, -0.2) is 49.9 Å². The van der Waals surface area contributed by atoms with E-state index in [1.165, 1.54) is 0 Å². The van der Waals surface area contributed by atoms with Crippen LogP contribution in [0, 0.1) is 0 Å². The van der Waals surface area contributed by atoms with Crippen molar-refractivity contribution in [1.29, 1.82) is 0 Å². The quantitative estimate of drug-likeness (QED) is 0.921. The lowest BCUT2D eigenvalue weighted by Gasteiger charge is -2.16. The molecule has 1 atom stereocenters. The Bertz CT molecular complexity index is 549. The monoisotopic (exact) mass is 320 g/mol. The van der Waals surface area contributed by atoms with Crippen LogP contribution in [0.1, 0.15) is 25.3 Å². The Morgan fingerprint density at radius 2 is 2.17 bits per heavy atom. The van der Waals surface area contributed by atoms with Crippen molar-refractivity contribution in [2.45, 2.75) is 32.4 Å². The van der Waals surface area contributed by atoms with Crippen molar-refractivity contribution in [3.63, 3.8) is 0 Å². The van der Waals surface area contributed by atoms with E-state index in [0.717, 1.165) is 43.0 Å². The second kappa shape index (κ2) is 7.55. The van der Waals surface area contributed by atoms with Crippen LogP contribution in [0.25, 0.3) is 0 Å². The summed E-state index contributed by atoms with van der Waals surface area (Å²) in [5.41, 5.74) is 1.16. The largest absolute Gasteiger partial charge is 0.490 e. The number of fused-ring (bicyclic) bond motifs is 1. The second-order valence-electron chi connectivity index (χ2n) is 5.84. The molecule has 1 aromatic rings. The SMILES string of the molecule is CCOC(=O)N1CCC(NCc2ccc3c(c2)OCCCO3)C1. The first kappa shape index (κ1) is 15.9. The van der Waals surface area contributed by atoms with Crippen LogP contribution in [0.4, 0.5) is 4.79 Å². The first-order valence-corrected chi connectivity index (χ1v) is 8.30. The van der Waals surface area contributed by atoms with Crippen LogP contribution in [0.2, 0.25) is 0 Å². The Morgan fingerprint density at radius 3 is 3.00 bits per heavy atom. The Labute approximate surface area is 136 Å². The summed E-state index contributed by atoms with van der Waals surface area (Å²) in [7, 11) is 0. The third-order valence-electron chi connectivity index (χ3n) is 4.12. The van der Waals surface area contributed by atoms with Crippen LogP contribution in [0.5, 0.6) is 11.5 Å². The summed E-state index contributed by atoms with van der Waals surface area (Å²) in [6.07, 6.45) is 1.64. The maximum absolute atomic E-state index is 11.7. The van der Waals surface area contributed by atoms with E-state index < -0.39 is 0 Å². The van der Waals surface area contributed by atoms with E-state index >= 15 is 0 Å². The fraction of sp³-hybridized carbons (Fsp3) is 0.588. The Kier molecular flexibility index (Phi) is 5.23. The van der Waals surface area contributed by atoms with E-state index in [1.807, 2.05) is 19.1 Å². The minimum Gasteiger partial charge on any atom is -0.490 e. The summed E-state index contributed by atoms with van der Waals surface area (Å²) < 4.78 is 16.4. The molecule has 0 aliphatic carbocycles. The number of benzene rings is 1. The normalized spacial score (nSPS) is 20.2. The number of nitrogens with zero attached hydrogens (tertiary/aromatic N) is 1. The topological polar surface area (TPSA) is 60.0 Å². The van der Waals surface area contributed by atoms with E-state index in [4.69, 9.17) is 14.2 Å². The molecule has 0 saturated carbocycles. The molecule has 1 saturated heterocycles. The first-order valence-electron chi connectivity index (χ1n) is 8.30. The number of hydrogen-bond donors (Lipinski definition) is 1. The van der Waals surface area contributed by atoms with Gasteiger partial charge in [0.1, 0.15) is 0 Å². The van der Waals surface area contributed by atoms with Gasteiger partial charge in [0.25, 0.3) is 0 Å². The highest BCUT2D eigenvalue weighted by molar-refractivity contribution is 5.68. The van der Waals surface area contributed by atoms with Gasteiger partial charge in [-0.05, 0) is 31.0 Å². The fourth-order valence-electron chi connectivity index (χ4n) is 2.89. The highest BCUT2D eigenvalue weighted by Gasteiger charge is 2.26. The second-order valence-corrected chi connectivity index (χ2v) is 5.84. The molecule has 1 fully saturated rings. The van der Waals surface area contributed by atoms with Crippen molar-refractivity contribution < 1.29 is 19.0 Å². The van der Waals surface area contributed by atoms with Crippen molar-refractivity contribution in [1.82, 2.24) is 10.2 Å². The molecule has 0 bridgehead atoms. The smallest absolute Gasteiger partial charge is 0.409 e. The molecule has 0 radical (unpaired) electrons.